The van der Waals surface area contributed by atoms with Crippen LogP contribution in [0, 0.1) is 11.8 Å². The van der Waals surface area contributed by atoms with Crippen LogP contribution in [0.4, 0.5) is 5.69 Å². The van der Waals surface area contributed by atoms with Gasteiger partial charge in [0.2, 0.25) is 5.91 Å². The smallest absolute Gasteiger partial charge is 0.313 e. The van der Waals surface area contributed by atoms with Crippen molar-refractivity contribution in [1.29, 1.82) is 0 Å². The number of fused-ring (bicyclic) bond motifs is 1. The highest BCUT2D eigenvalue weighted by Gasteiger charge is 2.78. The van der Waals surface area contributed by atoms with Crippen molar-refractivity contribution in [2.45, 2.75) is 62.7 Å². The van der Waals surface area contributed by atoms with E-state index in [0.717, 1.165) is 12.8 Å². The summed E-state index contributed by atoms with van der Waals surface area (Å²) in [6.45, 7) is 9.97. The highest BCUT2D eigenvalue weighted by molar-refractivity contribution is 6.34. The van der Waals surface area contributed by atoms with Gasteiger partial charge >= 0.3 is 5.97 Å². The number of nitrogens with zero attached hydrogens (tertiary/aromatic N) is 2. The number of hydrogen-bond donors (Lipinski definition) is 1. The van der Waals surface area contributed by atoms with Gasteiger partial charge in [-0.3, -0.25) is 14.4 Å². The van der Waals surface area contributed by atoms with Crippen LogP contribution in [-0.2, 0) is 23.9 Å². The number of ether oxygens (including phenoxy) is 2. The van der Waals surface area contributed by atoms with E-state index in [1.165, 1.54) is 6.08 Å². The van der Waals surface area contributed by atoms with Gasteiger partial charge in [0.1, 0.15) is 24.2 Å². The summed E-state index contributed by atoms with van der Waals surface area (Å²) in [4.78, 5) is 44.9. The lowest BCUT2D eigenvalue weighted by molar-refractivity contribution is -0.158. The quantitative estimate of drug-likeness (QED) is 0.230. The fourth-order valence-corrected chi connectivity index (χ4v) is 6.77. The SMILES string of the molecule is C=CCOC(=O)[C@@H]1[C@H]2C(=O)N(CCCCCCO)C(C(=O)N(CC=C)c3ccccc3Cl)C23CC[C@@]1(C)O3. The molecule has 1 aromatic carbocycles. The maximum absolute atomic E-state index is 14.4. The lowest BCUT2D eigenvalue weighted by Gasteiger charge is -2.37. The predicted octanol–water partition coefficient (Wildman–Crippen LogP) is 3.91. The van der Waals surface area contributed by atoms with Crippen LogP contribution in [0.3, 0.4) is 0 Å². The minimum atomic E-state index is -1.15. The molecule has 9 heteroatoms. The Hall–Kier alpha value is -2.68. The first-order chi connectivity index (χ1) is 18.3. The summed E-state index contributed by atoms with van der Waals surface area (Å²) in [7, 11) is 0. The Morgan fingerprint density at radius 2 is 1.95 bits per heavy atom. The van der Waals surface area contributed by atoms with Gasteiger partial charge in [0.25, 0.3) is 5.91 Å². The Labute approximate surface area is 229 Å². The van der Waals surface area contributed by atoms with E-state index >= 15 is 0 Å². The average molecular weight is 545 g/mol. The van der Waals surface area contributed by atoms with Crippen LogP contribution < -0.4 is 4.90 Å². The molecule has 4 rings (SSSR count). The number of carbonyl (C=O) groups is 3. The minimum absolute atomic E-state index is 0.0376. The van der Waals surface area contributed by atoms with Gasteiger partial charge in [-0.15, -0.1) is 6.58 Å². The highest BCUT2D eigenvalue weighted by Crippen LogP contribution is 2.63. The van der Waals surface area contributed by atoms with Gasteiger partial charge in [0.15, 0.2) is 0 Å². The number of halogens is 1. The van der Waals surface area contributed by atoms with Crippen LogP contribution in [-0.4, -0.2) is 71.3 Å². The van der Waals surface area contributed by atoms with E-state index in [1.54, 1.807) is 40.1 Å². The number of likely N-dealkylation sites (tertiary alicyclic amines) is 1. The van der Waals surface area contributed by atoms with Crippen molar-refractivity contribution in [3.05, 3.63) is 54.6 Å². The Morgan fingerprint density at radius 3 is 2.63 bits per heavy atom. The number of hydrogen-bond acceptors (Lipinski definition) is 6. The van der Waals surface area contributed by atoms with Crippen LogP contribution in [0.15, 0.2) is 49.6 Å². The third-order valence-electron chi connectivity index (χ3n) is 8.14. The topological polar surface area (TPSA) is 96.4 Å². The van der Waals surface area contributed by atoms with Crippen molar-refractivity contribution >= 4 is 35.1 Å². The maximum Gasteiger partial charge on any atom is 0.313 e. The number of amides is 2. The summed E-state index contributed by atoms with van der Waals surface area (Å²) in [6.07, 6.45) is 7.08. The Kier molecular flexibility index (Phi) is 8.65. The molecule has 1 aromatic rings. The van der Waals surface area contributed by atoms with Gasteiger partial charge in [-0.1, -0.05) is 55.3 Å². The van der Waals surface area contributed by atoms with Gasteiger partial charge in [0, 0.05) is 19.7 Å². The fourth-order valence-electron chi connectivity index (χ4n) is 6.54. The van der Waals surface area contributed by atoms with E-state index in [9.17, 15) is 14.4 Å². The van der Waals surface area contributed by atoms with Gasteiger partial charge in [-0.05, 0) is 44.7 Å². The number of aliphatic hydroxyl groups is 1. The molecule has 3 aliphatic rings. The van der Waals surface area contributed by atoms with Crippen molar-refractivity contribution in [1.82, 2.24) is 4.90 Å². The van der Waals surface area contributed by atoms with Gasteiger partial charge < -0.3 is 24.4 Å². The summed E-state index contributed by atoms with van der Waals surface area (Å²) in [5.74, 6) is -2.70. The third kappa shape index (κ3) is 4.78. The fraction of sp³-hybridized carbons (Fsp3) is 0.552. The van der Waals surface area contributed by atoms with Crippen LogP contribution in [0.1, 0.15) is 45.4 Å². The number of para-hydroxylation sites is 1. The number of esters is 1. The third-order valence-corrected chi connectivity index (χ3v) is 8.46. The lowest BCUT2D eigenvalue weighted by atomic mass is 9.66. The average Bonchev–Trinajstić information content (AvgIpc) is 3.46. The van der Waals surface area contributed by atoms with E-state index in [-0.39, 0.29) is 31.6 Å². The molecule has 206 valence electrons. The van der Waals surface area contributed by atoms with Crippen LogP contribution >= 0.6 is 11.6 Å². The second kappa shape index (κ2) is 11.6. The standard InChI is InChI=1S/C29H37ClN2O6/c1-4-16-31(21-13-9-8-12-20(21)30)26(35)24-29-15-14-28(3,38-29)23(27(36)37-19-5-2)22(29)25(34)32(24)17-10-6-7-11-18-33/h4-5,8-9,12-13,22-24,33H,1-2,6-7,10-11,14-19H2,3H3/t22-,23-,24?,28+,29?/m0/s1. The van der Waals surface area contributed by atoms with Crippen LogP contribution in [0.2, 0.25) is 5.02 Å². The molecule has 1 N–H and O–H groups in total. The Bertz CT molecular complexity index is 1090. The molecule has 3 heterocycles. The summed E-state index contributed by atoms with van der Waals surface area (Å²) >= 11 is 6.50. The molecule has 3 aliphatic heterocycles. The van der Waals surface area contributed by atoms with E-state index in [0.29, 0.717) is 42.9 Å². The first-order valence-electron chi connectivity index (χ1n) is 13.3. The zero-order valence-corrected chi connectivity index (χ0v) is 22.7. The molecule has 0 saturated carbocycles. The molecule has 0 aromatic heterocycles. The molecule has 38 heavy (non-hydrogen) atoms. The molecule has 0 radical (unpaired) electrons. The van der Waals surface area contributed by atoms with Crippen molar-refractivity contribution in [2.24, 2.45) is 11.8 Å². The van der Waals surface area contributed by atoms with Crippen LogP contribution in [0.5, 0.6) is 0 Å². The second-order valence-corrected chi connectivity index (χ2v) is 10.9. The molecular formula is C29H37ClN2O6. The van der Waals surface area contributed by atoms with Crippen molar-refractivity contribution in [2.75, 3.05) is 31.2 Å². The number of unbranched alkanes of at least 4 members (excludes halogenated alkanes) is 3. The second-order valence-electron chi connectivity index (χ2n) is 10.5. The number of benzene rings is 1. The van der Waals surface area contributed by atoms with Gasteiger partial charge in [0.05, 0.1) is 22.2 Å². The zero-order valence-electron chi connectivity index (χ0n) is 21.9. The molecule has 3 saturated heterocycles. The maximum atomic E-state index is 14.4. The number of rotatable bonds is 13. The number of anilines is 1. The summed E-state index contributed by atoms with van der Waals surface area (Å²) in [5.41, 5.74) is -1.53. The molecule has 2 unspecified atom stereocenters. The number of aliphatic hydroxyl groups excluding tert-OH is 1. The van der Waals surface area contributed by atoms with E-state index in [4.69, 9.17) is 26.2 Å². The molecule has 2 bridgehead atoms. The first-order valence-corrected chi connectivity index (χ1v) is 13.7. The van der Waals surface area contributed by atoms with E-state index < -0.39 is 35.0 Å². The predicted molar refractivity (Wildman–Crippen MR) is 145 cm³/mol. The van der Waals surface area contributed by atoms with Crippen molar-refractivity contribution in [3.63, 3.8) is 0 Å². The van der Waals surface area contributed by atoms with Crippen molar-refractivity contribution < 1.29 is 29.0 Å². The Balaban J connectivity index is 1.74. The highest BCUT2D eigenvalue weighted by atomic mass is 35.5. The molecule has 3 fully saturated rings. The molecule has 0 aliphatic carbocycles. The number of carbonyl (C=O) groups excluding carboxylic acids is 3. The van der Waals surface area contributed by atoms with Crippen LogP contribution in [0.25, 0.3) is 0 Å². The molecule has 2 amide bonds. The monoisotopic (exact) mass is 544 g/mol. The Morgan fingerprint density at radius 1 is 1.21 bits per heavy atom. The lowest BCUT2D eigenvalue weighted by Crippen LogP contribution is -2.56. The largest absolute Gasteiger partial charge is 0.461 e. The summed E-state index contributed by atoms with van der Waals surface area (Å²) in [6, 6.07) is 6.14. The molecular weight excluding hydrogens is 508 g/mol. The summed E-state index contributed by atoms with van der Waals surface area (Å²) in [5, 5.41) is 9.53. The first kappa shape index (κ1) is 28.3. The van der Waals surface area contributed by atoms with E-state index in [1.807, 2.05) is 6.92 Å². The molecule has 1 spiro atoms. The molecule has 5 atom stereocenters. The zero-order chi connectivity index (χ0) is 27.5. The minimum Gasteiger partial charge on any atom is -0.461 e. The van der Waals surface area contributed by atoms with Gasteiger partial charge in [-0.25, -0.2) is 0 Å². The van der Waals surface area contributed by atoms with E-state index in [2.05, 4.69) is 13.2 Å². The van der Waals surface area contributed by atoms with Gasteiger partial charge in [-0.2, -0.15) is 0 Å². The molecule has 8 nitrogen and oxygen atoms in total. The normalized spacial score (nSPS) is 29.3. The van der Waals surface area contributed by atoms with Crippen molar-refractivity contribution in [3.8, 4) is 0 Å². The summed E-state index contributed by atoms with van der Waals surface area (Å²) < 4.78 is 12.0.